The third kappa shape index (κ3) is 14.0. The van der Waals surface area contributed by atoms with E-state index in [1.54, 1.807) is 12.1 Å². The Labute approximate surface area is 180 Å². The highest BCUT2D eigenvalue weighted by atomic mass is 32.2. The molecule has 1 N–H and O–H groups in total. The predicted molar refractivity (Wildman–Crippen MR) is 113 cm³/mol. The topological polar surface area (TPSA) is 101 Å². The van der Waals surface area contributed by atoms with Crippen molar-refractivity contribution in [2.45, 2.75) is 37.5 Å². The van der Waals surface area contributed by atoms with E-state index in [2.05, 4.69) is 0 Å². The van der Waals surface area contributed by atoms with Gasteiger partial charge in [0.2, 0.25) is 0 Å². The van der Waals surface area contributed by atoms with Crippen LogP contribution in [0.3, 0.4) is 0 Å². The second-order valence-corrected chi connectivity index (χ2v) is 8.29. The third-order valence-electron chi connectivity index (χ3n) is 4.08. The molecule has 9 heteroatoms. The summed E-state index contributed by atoms with van der Waals surface area (Å²) < 4.78 is 50.3. The van der Waals surface area contributed by atoms with Crippen LogP contribution in [-0.2, 0) is 33.2 Å². The third-order valence-corrected chi connectivity index (χ3v) is 5.41. The number of benzene rings is 1. The molecule has 8 nitrogen and oxygen atoms in total. The van der Waals surface area contributed by atoms with Gasteiger partial charge in [0.05, 0.1) is 57.8 Å². The van der Waals surface area contributed by atoms with Gasteiger partial charge in [0.1, 0.15) is 0 Å². The van der Waals surface area contributed by atoms with Gasteiger partial charge in [-0.3, -0.25) is 4.18 Å². The summed E-state index contributed by atoms with van der Waals surface area (Å²) in [6.07, 6.45) is 3.99. The quantitative estimate of drug-likeness (QED) is 0.240. The van der Waals surface area contributed by atoms with Crippen LogP contribution in [0.4, 0.5) is 0 Å². The van der Waals surface area contributed by atoms with Crippen LogP contribution in [0.1, 0.15) is 31.2 Å². The molecule has 0 saturated heterocycles. The minimum absolute atomic E-state index is 0.0136. The molecule has 0 fully saturated rings. The molecule has 0 aliphatic heterocycles. The van der Waals surface area contributed by atoms with E-state index in [1.807, 2.05) is 6.92 Å². The molecule has 0 aromatic heterocycles. The Bertz CT molecular complexity index is 618. The number of aryl methyl sites for hydroxylation is 1. The molecule has 1 rings (SSSR count). The standard InChI is InChI=1S/C21H36O8S/c1-20-6-8-21(9-7-20)30(23,24)29-19-18-26-12-5-3-2-4-11-25-14-16-28-17-15-27-13-10-22/h6-9,22H,2-5,10-19H2,1H3. The van der Waals surface area contributed by atoms with Crippen LogP contribution in [-0.4, -0.2) is 79.6 Å². The van der Waals surface area contributed by atoms with E-state index in [1.165, 1.54) is 12.1 Å². The van der Waals surface area contributed by atoms with E-state index < -0.39 is 10.1 Å². The molecule has 0 heterocycles. The number of hydrogen-bond donors (Lipinski definition) is 1. The van der Waals surface area contributed by atoms with E-state index in [0.29, 0.717) is 46.2 Å². The van der Waals surface area contributed by atoms with Crippen molar-refractivity contribution < 1.29 is 36.7 Å². The molecule has 0 radical (unpaired) electrons. The monoisotopic (exact) mass is 448 g/mol. The molecule has 0 bridgehead atoms. The van der Waals surface area contributed by atoms with Gasteiger partial charge in [0.15, 0.2) is 0 Å². The second kappa shape index (κ2) is 17.6. The molecule has 0 spiro atoms. The zero-order valence-corrected chi connectivity index (χ0v) is 18.7. The molecular weight excluding hydrogens is 412 g/mol. The Morgan fingerprint density at radius 3 is 1.67 bits per heavy atom. The van der Waals surface area contributed by atoms with Crippen molar-refractivity contribution >= 4 is 10.1 Å². The average molecular weight is 449 g/mol. The number of hydrogen-bond acceptors (Lipinski definition) is 8. The fourth-order valence-electron chi connectivity index (χ4n) is 2.45. The molecule has 0 atom stereocenters. The first-order valence-electron chi connectivity index (χ1n) is 10.4. The van der Waals surface area contributed by atoms with E-state index in [9.17, 15) is 8.42 Å². The minimum atomic E-state index is -3.72. The molecule has 174 valence electrons. The van der Waals surface area contributed by atoms with Crippen LogP contribution in [0.25, 0.3) is 0 Å². The van der Waals surface area contributed by atoms with Crippen molar-refractivity contribution in [1.82, 2.24) is 0 Å². The molecule has 0 amide bonds. The largest absolute Gasteiger partial charge is 0.394 e. The van der Waals surface area contributed by atoms with Crippen LogP contribution >= 0.6 is 0 Å². The minimum Gasteiger partial charge on any atom is -0.394 e. The lowest BCUT2D eigenvalue weighted by Gasteiger charge is -2.07. The zero-order chi connectivity index (χ0) is 21.9. The number of aliphatic hydroxyl groups excluding tert-OH is 1. The van der Waals surface area contributed by atoms with Crippen molar-refractivity contribution in [3.8, 4) is 0 Å². The highest BCUT2D eigenvalue weighted by Gasteiger charge is 2.14. The van der Waals surface area contributed by atoms with Crippen LogP contribution in [0.5, 0.6) is 0 Å². The van der Waals surface area contributed by atoms with Crippen molar-refractivity contribution in [3.63, 3.8) is 0 Å². The van der Waals surface area contributed by atoms with Gasteiger partial charge in [-0.1, -0.05) is 30.5 Å². The fourth-order valence-corrected chi connectivity index (χ4v) is 3.34. The first kappa shape index (κ1) is 27.0. The van der Waals surface area contributed by atoms with Crippen molar-refractivity contribution in [2.75, 3.05) is 66.1 Å². The van der Waals surface area contributed by atoms with E-state index in [-0.39, 0.29) is 24.7 Å². The number of unbranched alkanes of at least 4 members (excludes halogenated alkanes) is 3. The SMILES string of the molecule is Cc1ccc(S(=O)(=O)OCCOCCCCCCOCCOCCOCCO)cc1. The Morgan fingerprint density at radius 1 is 0.667 bits per heavy atom. The highest BCUT2D eigenvalue weighted by Crippen LogP contribution is 2.13. The second-order valence-electron chi connectivity index (χ2n) is 6.68. The van der Waals surface area contributed by atoms with Gasteiger partial charge in [-0.05, 0) is 31.9 Å². The molecular formula is C21H36O8S. The smallest absolute Gasteiger partial charge is 0.297 e. The Morgan fingerprint density at radius 2 is 1.13 bits per heavy atom. The van der Waals surface area contributed by atoms with Crippen molar-refractivity contribution in [3.05, 3.63) is 29.8 Å². The molecule has 1 aromatic rings. The van der Waals surface area contributed by atoms with Crippen LogP contribution < -0.4 is 0 Å². The van der Waals surface area contributed by atoms with Crippen molar-refractivity contribution in [2.24, 2.45) is 0 Å². The summed E-state index contributed by atoms with van der Waals surface area (Å²) in [7, 11) is -3.72. The van der Waals surface area contributed by atoms with Gasteiger partial charge in [-0.25, -0.2) is 0 Å². The van der Waals surface area contributed by atoms with Gasteiger partial charge in [0, 0.05) is 13.2 Å². The molecule has 0 saturated carbocycles. The number of rotatable bonds is 20. The summed E-state index contributed by atoms with van der Waals surface area (Å²) in [4.78, 5) is 0.161. The normalized spacial score (nSPS) is 11.8. The van der Waals surface area contributed by atoms with E-state index in [0.717, 1.165) is 31.2 Å². The Kier molecular flexibility index (Phi) is 15.8. The van der Waals surface area contributed by atoms with Crippen LogP contribution in [0, 0.1) is 6.92 Å². The maximum Gasteiger partial charge on any atom is 0.297 e. The van der Waals surface area contributed by atoms with E-state index >= 15 is 0 Å². The molecule has 30 heavy (non-hydrogen) atoms. The zero-order valence-electron chi connectivity index (χ0n) is 17.9. The van der Waals surface area contributed by atoms with Gasteiger partial charge < -0.3 is 24.1 Å². The lowest BCUT2D eigenvalue weighted by atomic mass is 10.2. The summed E-state index contributed by atoms with van der Waals surface area (Å²) >= 11 is 0. The number of aliphatic hydroxyl groups is 1. The van der Waals surface area contributed by atoms with Gasteiger partial charge >= 0.3 is 0 Å². The Hall–Kier alpha value is -1.07. The van der Waals surface area contributed by atoms with Crippen LogP contribution in [0.2, 0.25) is 0 Å². The first-order valence-corrected chi connectivity index (χ1v) is 11.8. The summed E-state index contributed by atoms with van der Waals surface area (Å²) in [5.74, 6) is 0. The summed E-state index contributed by atoms with van der Waals surface area (Å²) in [5.41, 5.74) is 0.995. The molecule has 0 aliphatic carbocycles. The summed E-state index contributed by atoms with van der Waals surface area (Å²) in [5, 5.41) is 8.54. The molecule has 1 aromatic carbocycles. The van der Waals surface area contributed by atoms with E-state index in [4.69, 9.17) is 28.2 Å². The molecule has 0 unspecified atom stereocenters. The van der Waals surface area contributed by atoms with Gasteiger partial charge in [0.25, 0.3) is 10.1 Å². The highest BCUT2D eigenvalue weighted by molar-refractivity contribution is 7.86. The summed E-state index contributed by atoms with van der Waals surface area (Å²) in [6, 6.07) is 6.56. The van der Waals surface area contributed by atoms with Crippen LogP contribution in [0.15, 0.2) is 29.2 Å². The average Bonchev–Trinajstić information content (AvgIpc) is 2.73. The first-order chi connectivity index (χ1) is 14.6. The number of ether oxygens (including phenoxy) is 4. The Balaban J connectivity index is 1.84. The summed E-state index contributed by atoms with van der Waals surface area (Å²) in [6.45, 7) is 5.91. The maximum absolute atomic E-state index is 12.0. The maximum atomic E-state index is 12.0. The lowest BCUT2D eigenvalue weighted by Crippen LogP contribution is -2.12. The fraction of sp³-hybridized carbons (Fsp3) is 0.714. The predicted octanol–water partition coefficient (Wildman–Crippen LogP) is 2.32. The van der Waals surface area contributed by atoms with Gasteiger partial charge in [-0.15, -0.1) is 0 Å². The lowest BCUT2D eigenvalue weighted by molar-refractivity contribution is 0.00713. The molecule has 0 aliphatic rings. The van der Waals surface area contributed by atoms with Crippen molar-refractivity contribution in [1.29, 1.82) is 0 Å². The van der Waals surface area contributed by atoms with Gasteiger partial charge in [-0.2, -0.15) is 8.42 Å².